The smallest absolute Gasteiger partial charge is 0.0924 e. The van der Waals surface area contributed by atoms with Gasteiger partial charge in [-0.15, -0.1) is 12.4 Å². The van der Waals surface area contributed by atoms with Gasteiger partial charge in [-0.1, -0.05) is 74.2 Å². The molecule has 0 fully saturated rings. The lowest BCUT2D eigenvalue weighted by atomic mass is 9.99. The van der Waals surface area contributed by atoms with E-state index in [0.29, 0.717) is 16.6 Å². The lowest BCUT2D eigenvalue weighted by molar-refractivity contribution is 0.112. The standard InChI is InChI=1S/C25H30Cl2N2O.ClH/c1-3-5-13-29(14-6-4-2)17-25(30)20-16-24(18-11-12-21(26)22(27)15-18)28-23-10-8-7-9-19(20)23;/h7-12,15-16,25,30H,3-6,13-14,17H2,1-2H3;1H. The molecule has 0 radical (unpaired) electrons. The van der Waals surface area contributed by atoms with Crippen LogP contribution < -0.4 is 0 Å². The molecule has 0 saturated carbocycles. The summed E-state index contributed by atoms with van der Waals surface area (Å²) in [5, 5.41) is 13.2. The molecule has 0 bridgehead atoms. The number of unbranched alkanes of at least 4 members (excludes halogenated alkanes) is 2. The van der Waals surface area contributed by atoms with Gasteiger partial charge in [0.25, 0.3) is 0 Å². The Morgan fingerprint density at radius 3 is 2.26 bits per heavy atom. The van der Waals surface area contributed by atoms with E-state index in [1.165, 1.54) is 0 Å². The highest BCUT2D eigenvalue weighted by atomic mass is 35.5. The zero-order valence-electron chi connectivity index (χ0n) is 18.2. The molecule has 3 rings (SSSR count). The molecule has 31 heavy (non-hydrogen) atoms. The molecular weight excluding hydrogens is 451 g/mol. The van der Waals surface area contributed by atoms with Crippen LogP contribution in [0.25, 0.3) is 22.2 Å². The van der Waals surface area contributed by atoms with Gasteiger partial charge in [0.1, 0.15) is 0 Å². The first kappa shape index (κ1) is 25.9. The van der Waals surface area contributed by atoms with Crippen LogP contribution in [0.2, 0.25) is 10.0 Å². The van der Waals surface area contributed by atoms with Gasteiger partial charge in [-0.25, -0.2) is 4.98 Å². The Balaban J connectivity index is 0.00000341. The Morgan fingerprint density at radius 2 is 1.61 bits per heavy atom. The summed E-state index contributed by atoms with van der Waals surface area (Å²) in [6, 6.07) is 15.5. The Kier molecular flexibility index (Phi) is 10.5. The molecule has 6 heteroatoms. The van der Waals surface area contributed by atoms with Gasteiger partial charge in [-0.3, -0.25) is 0 Å². The lowest BCUT2D eigenvalue weighted by Gasteiger charge is -2.26. The summed E-state index contributed by atoms with van der Waals surface area (Å²) in [6.07, 6.45) is 3.99. The molecule has 2 aromatic carbocycles. The average molecular weight is 482 g/mol. The average Bonchev–Trinajstić information content (AvgIpc) is 2.76. The number of nitrogens with zero attached hydrogens (tertiary/aromatic N) is 2. The fourth-order valence-electron chi connectivity index (χ4n) is 3.68. The fraction of sp³-hybridized carbons (Fsp3) is 0.400. The van der Waals surface area contributed by atoms with Crippen LogP contribution in [0.15, 0.2) is 48.5 Å². The molecule has 3 nitrogen and oxygen atoms in total. The predicted octanol–water partition coefficient (Wildman–Crippen LogP) is 7.57. The molecule has 0 amide bonds. The normalized spacial score (nSPS) is 12.2. The number of aliphatic hydroxyl groups excluding tert-OH is 1. The van der Waals surface area contributed by atoms with Crippen LogP contribution in [-0.2, 0) is 0 Å². The number of benzene rings is 2. The Bertz CT molecular complexity index is 972. The number of aromatic nitrogens is 1. The van der Waals surface area contributed by atoms with Crippen LogP contribution in [0.3, 0.4) is 0 Å². The summed E-state index contributed by atoms with van der Waals surface area (Å²) >= 11 is 12.3. The number of halogens is 3. The zero-order valence-corrected chi connectivity index (χ0v) is 20.5. The molecule has 0 aliphatic carbocycles. The second kappa shape index (κ2) is 12.6. The molecule has 0 aliphatic rings. The third kappa shape index (κ3) is 6.81. The number of hydrogen-bond donors (Lipinski definition) is 1. The summed E-state index contributed by atoms with van der Waals surface area (Å²) in [7, 11) is 0. The van der Waals surface area contributed by atoms with Crippen molar-refractivity contribution in [3.63, 3.8) is 0 Å². The SMILES string of the molecule is CCCCN(CCCC)CC(O)c1cc(-c2ccc(Cl)c(Cl)c2)nc2ccccc12.Cl. The van der Waals surface area contributed by atoms with E-state index < -0.39 is 6.10 Å². The van der Waals surface area contributed by atoms with Crippen molar-refractivity contribution in [3.8, 4) is 11.3 Å². The van der Waals surface area contributed by atoms with Crippen molar-refractivity contribution in [1.29, 1.82) is 0 Å². The molecule has 0 spiro atoms. The summed E-state index contributed by atoms with van der Waals surface area (Å²) < 4.78 is 0. The zero-order chi connectivity index (χ0) is 21.5. The first-order valence-electron chi connectivity index (χ1n) is 10.8. The second-order valence-corrected chi connectivity index (χ2v) is 8.58. The highest BCUT2D eigenvalue weighted by Crippen LogP contribution is 2.32. The maximum atomic E-state index is 11.2. The van der Waals surface area contributed by atoms with E-state index in [0.717, 1.165) is 66.5 Å². The Morgan fingerprint density at radius 1 is 0.935 bits per heavy atom. The summed E-state index contributed by atoms with van der Waals surface area (Å²) in [5.41, 5.74) is 3.44. The number of aliphatic hydroxyl groups is 1. The van der Waals surface area contributed by atoms with Crippen molar-refractivity contribution in [1.82, 2.24) is 9.88 Å². The van der Waals surface area contributed by atoms with Crippen molar-refractivity contribution >= 4 is 46.5 Å². The van der Waals surface area contributed by atoms with Crippen molar-refractivity contribution in [3.05, 3.63) is 64.1 Å². The molecule has 0 aliphatic heterocycles. The first-order valence-corrected chi connectivity index (χ1v) is 11.5. The monoisotopic (exact) mass is 480 g/mol. The maximum absolute atomic E-state index is 11.2. The number of pyridine rings is 1. The molecule has 1 unspecified atom stereocenters. The fourth-order valence-corrected chi connectivity index (χ4v) is 3.98. The maximum Gasteiger partial charge on any atom is 0.0924 e. The summed E-state index contributed by atoms with van der Waals surface area (Å²) in [5.74, 6) is 0. The van der Waals surface area contributed by atoms with Gasteiger partial charge in [-0.05, 0) is 55.8 Å². The first-order chi connectivity index (χ1) is 14.5. The van der Waals surface area contributed by atoms with E-state index in [-0.39, 0.29) is 12.4 Å². The molecule has 1 N–H and O–H groups in total. The van der Waals surface area contributed by atoms with E-state index in [1.807, 2.05) is 42.5 Å². The number of fused-ring (bicyclic) bond motifs is 1. The molecular formula is C25H31Cl3N2O. The third-order valence-electron chi connectivity index (χ3n) is 5.41. The minimum atomic E-state index is -0.590. The van der Waals surface area contributed by atoms with Crippen molar-refractivity contribution in [2.75, 3.05) is 19.6 Å². The Labute approximate surface area is 201 Å². The highest BCUT2D eigenvalue weighted by Gasteiger charge is 2.18. The van der Waals surface area contributed by atoms with Gasteiger partial charge in [-0.2, -0.15) is 0 Å². The second-order valence-electron chi connectivity index (χ2n) is 7.77. The molecule has 0 saturated heterocycles. The van der Waals surface area contributed by atoms with E-state index in [2.05, 4.69) is 18.7 Å². The highest BCUT2D eigenvalue weighted by molar-refractivity contribution is 6.42. The summed E-state index contributed by atoms with van der Waals surface area (Å²) in [6.45, 7) is 7.05. The summed E-state index contributed by atoms with van der Waals surface area (Å²) in [4.78, 5) is 7.19. The topological polar surface area (TPSA) is 36.4 Å². The molecule has 168 valence electrons. The largest absolute Gasteiger partial charge is 0.387 e. The minimum absolute atomic E-state index is 0. The predicted molar refractivity (Wildman–Crippen MR) is 136 cm³/mol. The van der Waals surface area contributed by atoms with Crippen molar-refractivity contribution < 1.29 is 5.11 Å². The van der Waals surface area contributed by atoms with Crippen molar-refractivity contribution in [2.45, 2.75) is 45.6 Å². The molecule has 1 atom stereocenters. The van der Waals surface area contributed by atoms with Crippen LogP contribution in [0, 0.1) is 0 Å². The lowest BCUT2D eigenvalue weighted by Crippen LogP contribution is -2.31. The molecule has 1 heterocycles. The van der Waals surface area contributed by atoms with Gasteiger partial charge in [0, 0.05) is 17.5 Å². The van der Waals surface area contributed by atoms with Crippen LogP contribution in [0.1, 0.15) is 51.2 Å². The van der Waals surface area contributed by atoms with E-state index in [9.17, 15) is 5.11 Å². The van der Waals surface area contributed by atoms with Gasteiger partial charge >= 0.3 is 0 Å². The van der Waals surface area contributed by atoms with E-state index in [4.69, 9.17) is 28.2 Å². The molecule has 3 aromatic rings. The quantitative estimate of drug-likeness (QED) is 0.324. The van der Waals surface area contributed by atoms with E-state index >= 15 is 0 Å². The number of rotatable bonds is 10. The van der Waals surface area contributed by atoms with Crippen LogP contribution in [0.5, 0.6) is 0 Å². The van der Waals surface area contributed by atoms with Crippen LogP contribution in [-0.4, -0.2) is 34.6 Å². The van der Waals surface area contributed by atoms with Gasteiger partial charge in [0.05, 0.1) is 27.4 Å². The van der Waals surface area contributed by atoms with Gasteiger partial charge in [0.15, 0.2) is 0 Å². The van der Waals surface area contributed by atoms with Crippen molar-refractivity contribution in [2.24, 2.45) is 0 Å². The Hall–Kier alpha value is -1.36. The number of hydrogen-bond acceptors (Lipinski definition) is 3. The van der Waals surface area contributed by atoms with Gasteiger partial charge in [0.2, 0.25) is 0 Å². The van der Waals surface area contributed by atoms with Crippen LogP contribution in [0.4, 0.5) is 0 Å². The minimum Gasteiger partial charge on any atom is -0.387 e. The molecule has 1 aromatic heterocycles. The third-order valence-corrected chi connectivity index (χ3v) is 6.15. The van der Waals surface area contributed by atoms with Crippen LogP contribution >= 0.6 is 35.6 Å². The van der Waals surface area contributed by atoms with E-state index in [1.54, 1.807) is 6.07 Å². The van der Waals surface area contributed by atoms with Gasteiger partial charge < -0.3 is 10.0 Å². The number of para-hydroxylation sites is 1.